The third kappa shape index (κ3) is 2.80. The highest BCUT2D eigenvalue weighted by Crippen LogP contribution is 2.22. The standard InChI is InChI=1S/C11H20N4O/c1-9(16)6-11-4-3-5-15(11)8-10-7-14(2)13-12-10/h7,9,11,16H,3-6,8H2,1-2H3. The first-order valence-corrected chi connectivity index (χ1v) is 5.92. The smallest absolute Gasteiger partial charge is 0.0967 e. The zero-order valence-corrected chi connectivity index (χ0v) is 10.0. The summed E-state index contributed by atoms with van der Waals surface area (Å²) < 4.78 is 1.73. The van der Waals surface area contributed by atoms with Gasteiger partial charge < -0.3 is 5.11 Å². The summed E-state index contributed by atoms with van der Waals surface area (Å²) in [7, 11) is 1.88. The van der Waals surface area contributed by atoms with E-state index in [0.29, 0.717) is 6.04 Å². The molecule has 1 aromatic rings. The van der Waals surface area contributed by atoms with Crippen molar-refractivity contribution in [1.82, 2.24) is 19.9 Å². The summed E-state index contributed by atoms with van der Waals surface area (Å²) in [5.41, 5.74) is 1.01. The van der Waals surface area contributed by atoms with E-state index in [2.05, 4.69) is 15.2 Å². The molecule has 2 heterocycles. The van der Waals surface area contributed by atoms with Gasteiger partial charge in [0.25, 0.3) is 0 Å². The van der Waals surface area contributed by atoms with E-state index in [0.717, 1.165) is 25.2 Å². The van der Waals surface area contributed by atoms with Crippen molar-refractivity contribution < 1.29 is 5.11 Å². The molecule has 2 unspecified atom stereocenters. The van der Waals surface area contributed by atoms with Crippen molar-refractivity contribution in [1.29, 1.82) is 0 Å². The molecule has 1 N–H and O–H groups in total. The number of aliphatic hydroxyl groups is 1. The molecule has 2 rings (SSSR count). The number of nitrogens with zero attached hydrogens (tertiary/aromatic N) is 4. The normalized spacial score (nSPS) is 23.8. The van der Waals surface area contributed by atoms with Crippen LogP contribution >= 0.6 is 0 Å². The Morgan fingerprint density at radius 3 is 3.06 bits per heavy atom. The maximum Gasteiger partial charge on any atom is 0.0967 e. The van der Waals surface area contributed by atoms with Gasteiger partial charge in [-0.3, -0.25) is 9.58 Å². The van der Waals surface area contributed by atoms with Crippen LogP contribution in [0, 0.1) is 0 Å². The highest BCUT2D eigenvalue weighted by Gasteiger charge is 2.26. The molecule has 1 aliphatic heterocycles. The van der Waals surface area contributed by atoms with Crippen LogP contribution in [0.5, 0.6) is 0 Å². The predicted molar refractivity (Wildman–Crippen MR) is 60.7 cm³/mol. The molecular weight excluding hydrogens is 204 g/mol. The maximum atomic E-state index is 9.44. The third-order valence-corrected chi connectivity index (χ3v) is 3.13. The molecule has 5 nitrogen and oxygen atoms in total. The Kier molecular flexibility index (Phi) is 3.56. The van der Waals surface area contributed by atoms with Crippen molar-refractivity contribution >= 4 is 0 Å². The summed E-state index contributed by atoms with van der Waals surface area (Å²) in [5.74, 6) is 0. The van der Waals surface area contributed by atoms with E-state index in [-0.39, 0.29) is 6.10 Å². The first-order chi connectivity index (χ1) is 7.65. The molecule has 1 aliphatic rings. The Morgan fingerprint density at radius 2 is 2.44 bits per heavy atom. The summed E-state index contributed by atoms with van der Waals surface area (Å²) >= 11 is 0. The van der Waals surface area contributed by atoms with Gasteiger partial charge in [0.15, 0.2) is 0 Å². The SMILES string of the molecule is CC(O)CC1CCCN1Cc1cn(C)nn1. The molecule has 0 aliphatic carbocycles. The predicted octanol–water partition coefficient (Wildman–Crippen LogP) is 0.550. The van der Waals surface area contributed by atoms with Gasteiger partial charge in [-0.05, 0) is 32.7 Å². The first-order valence-electron chi connectivity index (χ1n) is 5.92. The van der Waals surface area contributed by atoms with Crippen molar-refractivity contribution in [3.05, 3.63) is 11.9 Å². The van der Waals surface area contributed by atoms with Gasteiger partial charge in [0.05, 0.1) is 11.8 Å². The Morgan fingerprint density at radius 1 is 1.62 bits per heavy atom. The lowest BCUT2D eigenvalue weighted by molar-refractivity contribution is 0.130. The van der Waals surface area contributed by atoms with Crippen LogP contribution in [0.2, 0.25) is 0 Å². The van der Waals surface area contributed by atoms with E-state index in [4.69, 9.17) is 0 Å². The highest BCUT2D eigenvalue weighted by molar-refractivity contribution is 4.94. The van der Waals surface area contributed by atoms with Crippen LogP contribution in [0.4, 0.5) is 0 Å². The molecule has 2 atom stereocenters. The molecule has 0 radical (unpaired) electrons. The zero-order chi connectivity index (χ0) is 11.5. The molecule has 1 aromatic heterocycles. The number of aromatic nitrogens is 3. The fourth-order valence-corrected chi connectivity index (χ4v) is 2.44. The molecule has 1 saturated heterocycles. The van der Waals surface area contributed by atoms with Crippen LogP contribution in [0.15, 0.2) is 6.20 Å². The van der Waals surface area contributed by atoms with Crippen LogP contribution in [-0.2, 0) is 13.6 Å². The first kappa shape index (κ1) is 11.5. The fraction of sp³-hybridized carbons (Fsp3) is 0.818. The van der Waals surface area contributed by atoms with Gasteiger partial charge in [0.1, 0.15) is 0 Å². The van der Waals surface area contributed by atoms with Crippen LogP contribution in [0.1, 0.15) is 31.9 Å². The lowest BCUT2D eigenvalue weighted by Gasteiger charge is -2.24. The number of hydrogen-bond acceptors (Lipinski definition) is 4. The van der Waals surface area contributed by atoms with E-state index >= 15 is 0 Å². The topological polar surface area (TPSA) is 54.2 Å². The number of aliphatic hydroxyl groups excluding tert-OH is 1. The van der Waals surface area contributed by atoms with Gasteiger partial charge in [-0.1, -0.05) is 5.21 Å². The summed E-state index contributed by atoms with van der Waals surface area (Å²) in [4.78, 5) is 2.40. The Bertz CT molecular complexity index is 336. The summed E-state index contributed by atoms with van der Waals surface area (Å²) in [5, 5.41) is 17.5. The third-order valence-electron chi connectivity index (χ3n) is 3.13. The van der Waals surface area contributed by atoms with Gasteiger partial charge in [0.2, 0.25) is 0 Å². The van der Waals surface area contributed by atoms with Crippen LogP contribution in [0.3, 0.4) is 0 Å². The second-order valence-electron chi connectivity index (χ2n) is 4.73. The van der Waals surface area contributed by atoms with Gasteiger partial charge in [-0.2, -0.15) is 0 Å². The zero-order valence-electron chi connectivity index (χ0n) is 10.0. The van der Waals surface area contributed by atoms with Gasteiger partial charge in [-0.25, -0.2) is 0 Å². The minimum atomic E-state index is -0.215. The molecule has 90 valence electrons. The Balaban J connectivity index is 1.93. The van der Waals surface area contributed by atoms with Crippen molar-refractivity contribution in [2.24, 2.45) is 7.05 Å². The van der Waals surface area contributed by atoms with Crippen molar-refractivity contribution in [3.8, 4) is 0 Å². The summed E-state index contributed by atoms with van der Waals surface area (Å²) in [6.45, 7) is 3.82. The number of aryl methyl sites for hydroxylation is 1. The molecule has 1 fully saturated rings. The molecular formula is C11H20N4O. The summed E-state index contributed by atoms with van der Waals surface area (Å²) in [6, 6.07) is 0.502. The van der Waals surface area contributed by atoms with E-state index in [1.165, 1.54) is 12.8 Å². The van der Waals surface area contributed by atoms with Gasteiger partial charge in [-0.15, -0.1) is 5.10 Å². The van der Waals surface area contributed by atoms with Crippen molar-refractivity contribution in [3.63, 3.8) is 0 Å². The molecule has 0 bridgehead atoms. The molecule has 0 aromatic carbocycles. The van der Waals surface area contributed by atoms with E-state index in [9.17, 15) is 5.11 Å². The second-order valence-corrected chi connectivity index (χ2v) is 4.73. The van der Waals surface area contributed by atoms with E-state index in [1.807, 2.05) is 20.2 Å². The molecule has 16 heavy (non-hydrogen) atoms. The average molecular weight is 224 g/mol. The van der Waals surface area contributed by atoms with Gasteiger partial charge in [0, 0.05) is 25.8 Å². The van der Waals surface area contributed by atoms with Crippen molar-refractivity contribution in [2.45, 2.75) is 44.9 Å². The molecule has 0 saturated carbocycles. The second kappa shape index (κ2) is 4.93. The highest BCUT2D eigenvalue weighted by atomic mass is 16.3. The largest absolute Gasteiger partial charge is 0.393 e. The molecule has 5 heteroatoms. The Hall–Kier alpha value is -0.940. The van der Waals surface area contributed by atoms with Crippen LogP contribution in [0.25, 0.3) is 0 Å². The monoisotopic (exact) mass is 224 g/mol. The van der Waals surface area contributed by atoms with E-state index < -0.39 is 0 Å². The number of hydrogen-bond donors (Lipinski definition) is 1. The quantitative estimate of drug-likeness (QED) is 0.811. The summed E-state index contributed by atoms with van der Waals surface area (Å²) in [6.07, 6.45) is 5.01. The maximum absolute atomic E-state index is 9.44. The minimum Gasteiger partial charge on any atom is -0.393 e. The van der Waals surface area contributed by atoms with Crippen LogP contribution < -0.4 is 0 Å². The number of rotatable bonds is 4. The lowest BCUT2D eigenvalue weighted by Crippen LogP contribution is -2.31. The Labute approximate surface area is 96.1 Å². The van der Waals surface area contributed by atoms with Crippen molar-refractivity contribution in [2.75, 3.05) is 6.54 Å². The minimum absolute atomic E-state index is 0.215. The van der Waals surface area contributed by atoms with Gasteiger partial charge >= 0.3 is 0 Å². The average Bonchev–Trinajstić information content (AvgIpc) is 2.77. The lowest BCUT2D eigenvalue weighted by atomic mass is 10.1. The van der Waals surface area contributed by atoms with E-state index in [1.54, 1.807) is 4.68 Å². The number of likely N-dealkylation sites (tertiary alicyclic amines) is 1. The molecule has 0 amide bonds. The van der Waals surface area contributed by atoms with Crippen LogP contribution in [-0.4, -0.2) is 43.7 Å². The molecule has 0 spiro atoms. The fourth-order valence-electron chi connectivity index (χ4n) is 2.44.